The van der Waals surface area contributed by atoms with Crippen molar-refractivity contribution in [2.24, 2.45) is 0 Å². The molecule has 6 heteroatoms. The van der Waals surface area contributed by atoms with Gasteiger partial charge in [0, 0.05) is 18.2 Å². The highest BCUT2D eigenvalue weighted by molar-refractivity contribution is 5.60. The summed E-state index contributed by atoms with van der Waals surface area (Å²) in [5.41, 5.74) is 3.76. The maximum Gasteiger partial charge on any atom is 0.274 e. The fourth-order valence-corrected chi connectivity index (χ4v) is 2.92. The van der Waals surface area contributed by atoms with Gasteiger partial charge < -0.3 is 5.32 Å². The van der Waals surface area contributed by atoms with Crippen LogP contribution in [0, 0.1) is 0 Å². The molecule has 0 bridgehead atoms. The number of nitrogens with zero attached hydrogens (tertiary/aromatic N) is 3. The van der Waals surface area contributed by atoms with Crippen LogP contribution >= 0.6 is 0 Å². The van der Waals surface area contributed by atoms with Gasteiger partial charge in [-0.2, -0.15) is 9.50 Å². The average Bonchev–Trinajstić information content (AvgIpc) is 3.11. The third-order valence-corrected chi connectivity index (χ3v) is 4.51. The van der Waals surface area contributed by atoms with Gasteiger partial charge in [-0.05, 0) is 17.0 Å². The van der Waals surface area contributed by atoms with Crippen LogP contribution in [0.4, 0.5) is 5.95 Å². The van der Waals surface area contributed by atoms with Crippen molar-refractivity contribution in [3.8, 4) is 11.3 Å². The molecule has 4 aromatic rings. The lowest BCUT2D eigenvalue weighted by molar-refractivity contribution is 0.864. The lowest BCUT2D eigenvalue weighted by atomic mass is 10.0. The molecule has 4 rings (SSSR count). The van der Waals surface area contributed by atoms with Crippen LogP contribution in [0.3, 0.4) is 0 Å². The van der Waals surface area contributed by atoms with Gasteiger partial charge in [-0.25, -0.2) is 4.98 Å². The third-order valence-electron chi connectivity index (χ3n) is 4.51. The molecule has 0 aliphatic carbocycles. The van der Waals surface area contributed by atoms with Gasteiger partial charge in [-0.3, -0.25) is 9.89 Å². The fourth-order valence-electron chi connectivity index (χ4n) is 2.92. The third kappa shape index (κ3) is 3.60. The van der Waals surface area contributed by atoms with Crippen LogP contribution in [0.1, 0.15) is 30.9 Å². The Morgan fingerprint density at radius 2 is 1.78 bits per heavy atom. The summed E-state index contributed by atoms with van der Waals surface area (Å²) in [6, 6.07) is 19.6. The largest absolute Gasteiger partial charge is 0.351 e. The molecule has 2 N–H and O–H groups in total. The Morgan fingerprint density at radius 1 is 1.04 bits per heavy atom. The number of hydrogen-bond donors (Lipinski definition) is 2. The molecular formula is C21H21N5O. The summed E-state index contributed by atoms with van der Waals surface area (Å²) >= 11 is 0. The Morgan fingerprint density at radius 3 is 2.48 bits per heavy atom. The zero-order valence-electron chi connectivity index (χ0n) is 15.3. The molecule has 27 heavy (non-hydrogen) atoms. The van der Waals surface area contributed by atoms with Crippen molar-refractivity contribution in [2.45, 2.75) is 26.3 Å². The van der Waals surface area contributed by atoms with E-state index < -0.39 is 0 Å². The molecule has 0 spiro atoms. The van der Waals surface area contributed by atoms with Crippen molar-refractivity contribution in [1.82, 2.24) is 19.6 Å². The summed E-state index contributed by atoms with van der Waals surface area (Å²) in [5.74, 6) is 1.37. The van der Waals surface area contributed by atoms with Gasteiger partial charge in [-0.1, -0.05) is 68.4 Å². The molecule has 0 saturated heterocycles. The Bertz CT molecular complexity index is 1110. The van der Waals surface area contributed by atoms with E-state index >= 15 is 0 Å². The second-order valence-electron chi connectivity index (χ2n) is 6.80. The van der Waals surface area contributed by atoms with Crippen LogP contribution in [-0.4, -0.2) is 19.6 Å². The first-order valence-electron chi connectivity index (χ1n) is 8.98. The zero-order chi connectivity index (χ0) is 18.8. The number of benzene rings is 2. The molecule has 0 fully saturated rings. The summed E-state index contributed by atoms with van der Waals surface area (Å²) in [4.78, 5) is 21.3. The summed E-state index contributed by atoms with van der Waals surface area (Å²) in [6.45, 7) is 4.96. The van der Waals surface area contributed by atoms with Crippen LogP contribution in [0.25, 0.3) is 17.0 Å². The fraction of sp³-hybridized carbons (Fsp3) is 0.190. The number of nitrogens with one attached hydrogen (secondary N) is 2. The molecule has 0 radical (unpaired) electrons. The van der Waals surface area contributed by atoms with E-state index in [1.165, 1.54) is 16.1 Å². The second kappa shape index (κ2) is 7.07. The number of hydrogen-bond acceptors (Lipinski definition) is 4. The summed E-state index contributed by atoms with van der Waals surface area (Å²) in [5, 5.41) is 6.18. The van der Waals surface area contributed by atoms with Gasteiger partial charge in [0.25, 0.3) is 11.3 Å². The standard InChI is InChI=1S/C21H21N5O/c1-14(2)16-10-8-15(9-11-16)13-22-20-24-21-23-18(12-19(27)26(21)25-20)17-6-4-3-5-7-17/h3-12,14H,13H2,1-2H3,(H2,22,23,24,25). The summed E-state index contributed by atoms with van der Waals surface area (Å²) < 4.78 is 1.34. The molecule has 0 aliphatic rings. The molecule has 0 aliphatic heterocycles. The van der Waals surface area contributed by atoms with E-state index in [1.807, 2.05) is 30.3 Å². The minimum atomic E-state index is -0.194. The Hall–Kier alpha value is -3.41. The van der Waals surface area contributed by atoms with Gasteiger partial charge in [0.15, 0.2) is 0 Å². The maximum atomic E-state index is 12.4. The van der Waals surface area contributed by atoms with Crippen LogP contribution in [-0.2, 0) is 6.54 Å². The Labute approximate surface area is 156 Å². The molecule has 2 aromatic heterocycles. The number of anilines is 1. The molecule has 0 atom stereocenters. The first kappa shape index (κ1) is 17.0. The van der Waals surface area contributed by atoms with Crippen molar-refractivity contribution in [2.75, 3.05) is 5.32 Å². The van der Waals surface area contributed by atoms with Gasteiger partial charge in [0.2, 0.25) is 5.95 Å². The number of aromatic amines is 1. The lowest BCUT2D eigenvalue weighted by Crippen LogP contribution is -2.14. The Balaban J connectivity index is 1.56. The minimum Gasteiger partial charge on any atom is -0.351 e. The van der Waals surface area contributed by atoms with E-state index in [0.717, 1.165) is 11.1 Å². The lowest BCUT2D eigenvalue weighted by Gasteiger charge is -2.07. The second-order valence-corrected chi connectivity index (χ2v) is 6.80. The van der Waals surface area contributed by atoms with Gasteiger partial charge >= 0.3 is 0 Å². The number of H-pyrrole nitrogens is 1. The molecule has 0 unspecified atom stereocenters. The predicted octanol–water partition coefficient (Wildman–Crippen LogP) is 3.82. The van der Waals surface area contributed by atoms with E-state index in [9.17, 15) is 4.79 Å². The van der Waals surface area contributed by atoms with Gasteiger partial charge in [-0.15, -0.1) is 0 Å². The zero-order valence-corrected chi connectivity index (χ0v) is 15.3. The molecular weight excluding hydrogens is 338 g/mol. The van der Waals surface area contributed by atoms with Crippen molar-refractivity contribution < 1.29 is 0 Å². The van der Waals surface area contributed by atoms with Crippen LogP contribution in [0.2, 0.25) is 0 Å². The smallest absolute Gasteiger partial charge is 0.274 e. The first-order chi connectivity index (χ1) is 13.1. The molecule has 6 nitrogen and oxygen atoms in total. The normalized spacial score (nSPS) is 11.2. The minimum absolute atomic E-state index is 0.194. The van der Waals surface area contributed by atoms with Crippen LogP contribution in [0.15, 0.2) is 65.5 Å². The van der Waals surface area contributed by atoms with Crippen molar-refractivity contribution in [3.63, 3.8) is 0 Å². The average molecular weight is 359 g/mol. The number of fused-ring (bicyclic) bond motifs is 1. The molecule has 136 valence electrons. The van der Waals surface area contributed by atoms with Crippen LogP contribution in [0.5, 0.6) is 0 Å². The Kier molecular flexibility index (Phi) is 4.46. The summed E-state index contributed by atoms with van der Waals surface area (Å²) in [6.07, 6.45) is 0. The highest BCUT2D eigenvalue weighted by Gasteiger charge is 2.09. The SMILES string of the molecule is CC(C)c1ccc(CNc2nc3nc(-c4ccccc4)cc(=O)n3[nH]2)cc1. The van der Waals surface area contributed by atoms with Gasteiger partial charge in [0.05, 0.1) is 5.69 Å². The predicted molar refractivity (Wildman–Crippen MR) is 107 cm³/mol. The van der Waals surface area contributed by atoms with E-state index in [0.29, 0.717) is 29.9 Å². The van der Waals surface area contributed by atoms with Crippen molar-refractivity contribution >= 4 is 11.7 Å². The quantitative estimate of drug-likeness (QED) is 0.568. The maximum absolute atomic E-state index is 12.4. The van der Waals surface area contributed by atoms with Crippen molar-refractivity contribution in [1.29, 1.82) is 0 Å². The van der Waals surface area contributed by atoms with Crippen LogP contribution < -0.4 is 10.9 Å². The molecule has 0 saturated carbocycles. The molecule has 0 amide bonds. The highest BCUT2D eigenvalue weighted by atomic mass is 16.1. The first-order valence-corrected chi connectivity index (χ1v) is 8.98. The van der Waals surface area contributed by atoms with Gasteiger partial charge in [0.1, 0.15) is 0 Å². The van der Waals surface area contributed by atoms with E-state index in [4.69, 9.17) is 0 Å². The van der Waals surface area contributed by atoms with Crippen molar-refractivity contribution in [3.05, 3.63) is 82.1 Å². The topological polar surface area (TPSA) is 75.1 Å². The van der Waals surface area contributed by atoms with E-state index in [1.54, 1.807) is 0 Å². The number of aromatic nitrogens is 4. The summed E-state index contributed by atoms with van der Waals surface area (Å²) in [7, 11) is 0. The number of rotatable bonds is 5. The van der Waals surface area contributed by atoms with E-state index in [-0.39, 0.29) is 5.56 Å². The molecule has 2 heterocycles. The van der Waals surface area contributed by atoms with E-state index in [2.05, 4.69) is 58.5 Å². The highest BCUT2D eigenvalue weighted by Crippen LogP contribution is 2.17. The molecule has 2 aromatic carbocycles. The monoisotopic (exact) mass is 359 g/mol.